The van der Waals surface area contributed by atoms with Gasteiger partial charge in [0, 0.05) is 19.2 Å². The van der Waals surface area contributed by atoms with Gasteiger partial charge in [-0.05, 0) is 37.6 Å². The number of halogens is 1. The number of aliphatic carboxylic acids is 1. The molecule has 2 N–H and O–H groups in total. The molecule has 1 aromatic carbocycles. The Kier molecular flexibility index (Phi) is 5.21. The number of carboxylic acids is 1. The highest BCUT2D eigenvalue weighted by atomic mass is 19.1. The Balaban J connectivity index is 2.90. The fraction of sp³-hybridized carbons (Fsp3) is 0.429. The van der Waals surface area contributed by atoms with Crippen molar-refractivity contribution in [3.63, 3.8) is 0 Å². The van der Waals surface area contributed by atoms with Crippen molar-refractivity contribution in [2.75, 3.05) is 13.7 Å². The van der Waals surface area contributed by atoms with Crippen molar-refractivity contribution < 1.29 is 23.8 Å². The van der Waals surface area contributed by atoms with E-state index in [1.54, 1.807) is 13.8 Å². The number of ether oxygens (including phenoxy) is 1. The molecule has 0 aliphatic heterocycles. The molecule has 0 aliphatic rings. The fourth-order valence-corrected chi connectivity index (χ4v) is 1.57. The molecule has 1 rings (SSSR count). The predicted octanol–water partition coefficient (Wildman–Crippen LogP) is 1.91. The maximum Gasteiger partial charge on any atom is 0.305 e. The average Bonchev–Trinajstić information content (AvgIpc) is 2.37. The predicted molar refractivity (Wildman–Crippen MR) is 71.0 cm³/mol. The summed E-state index contributed by atoms with van der Waals surface area (Å²) in [5.41, 5.74) is -0.0584. The van der Waals surface area contributed by atoms with Gasteiger partial charge < -0.3 is 15.2 Å². The summed E-state index contributed by atoms with van der Waals surface area (Å²) in [6, 6.07) is 3.94. The zero-order valence-corrected chi connectivity index (χ0v) is 11.7. The molecule has 20 heavy (non-hydrogen) atoms. The van der Waals surface area contributed by atoms with Crippen LogP contribution >= 0.6 is 0 Å². The highest BCUT2D eigenvalue weighted by Gasteiger charge is 2.22. The van der Waals surface area contributed by atoms with Crippen molar-refractivity contribution in [3.8, 4) is 0 Å². The van der Waals surface area contributed by atoms with Gasteiger partial charge >= 0.3 is 5.97 Å². The largest absolute Gasteiger partial charge is 0.481 e. The normalized spacial score (nSPS) is 11.2. The first-order chi connectivity index (χ1) is 9.26. The van der Waals surface area contributed by atoms with E-state index in [9.17, 15) is 14.0 Å². The van der Waals surface area contributed by atoms with Crippen molar-refractivity contribution in [1.82, 2.24) is 5.32 Å². The minimum atomic E-state index is -1.01. The number of carbonyl (C=O) groups is 2. The maximum atomic E-state index is 13.6. The molecule has 1 aromatic rings. The van der Waals surface area contributed by atoms with Gasteiger partial charge in [-0.1, -0.05) is 0 Å². The molecular weight excluding hydrogens is 265 g/mol. The van der Waals surface area contributed by atoms with E-state index in [-0.39, 0.29) is 18.5 Å². The number of carboxylic acid groups (broad SMARTS) is 1. The van der Waals surface area contributed by atoms with E-state index in [0.29, 0.717) is 5.56 Å². The van der Waals surface area contributed by atoms with Crippen molar-refractivity contribution >= 4 is 11.9 Å². The van der Waals surface area contributed by atoms with Gasteiger partial charge in [-0.15, -0.1) is 0 Å². The summed E-state index contributed by atoms with van der Waals surface area (Å²) in [5, 5.41) is 10.9. The topological polar surface area (TPSA) is 75.6 Å². The Morgan fingerprint density at radius 1 is 1.35 bits per heavy atom. The van der Waals surface area contributed by atoms with Crippen LogP contribution in [-0.4, -0.2) is 30.6 Å². The van der Waals surface area contributed by atoms with E-state index >= 15 is 0 Å². The summed E-state index contributed by atoms with van der Waals surface area (Å²) in [4.78, 5) is 22.2. The van der Waals surface area contributed by atoms with Crippen LogP contribution in [0.4, 0.5) is 4.39 Å². The molecule has 0 aromatic heterocycles. The van der Waals surface area contributed by atoms with Gasteiger partial charge in [0.25, 0.3) is 5.91 Å². The van der Waals surface area contributed by atoms with Crippen LogP contribution in [0, 0.1) is 5.82 Å². The summed E-state index contributed by atoms with van der Waals surface area (Å²) < 4.78 is 18.8. The summed E-state index contributed by atoms with van der Waals surface area (Å²) in [6.07, 6.45) is -0.183. The third kappa shape index (κ3) is 4.31. The molecule has 0 aliphatic carbocycles. The summed E-state index contributed by atoms with van der Waals surface area (Å²) in [6.45, 7) is 3.51. The lowest BCUT2D eigenvalue weighted by molar-refractivity contribution is -0.136. The standard InChI is InChI=1S/C14H18FNO4/c1-14(2,20-3)10-6-9(7-11(15)8-10)13(19)16-5-4-12(17)18/h6-8H,4-5H2,1-3H3,(H,16,19)(H,17,18). The number of benzene rings is 1. The number of carbonyl (C=O) groups excluding carboxylic acids is 1. The van der Waals surface area contributed by atoms with Crippen LogP contribution in [0.5, 0.6) is 0 Å². The first kappa shape index (κ1) is 16.1. The van der Waals surface area contributed by atoms with Crippen LogP contribution in [0.15, 0.2) is 18.2 Å². The number of methoxy groups -OCH3 is 1. The Morgan fingerprint density at radius 2 is 2.00 bits per heavy atom. The summed E-state index contributed by atoms with van der Waals surface area (Å²) in [5.74, 6) is -2.07. The van der Waals surface area contributed by atoms with Crippen LogP contribution in [0.3, 0.4) is 0 Å². The van der Waals surface area contributed by atoms with Crippen molar-refractivity contribution in [1.29, 1.82) is 0 Å². The highest BCUT2D eigenvalue weighted by molar-refractivity contribution is 5.94. The Hall–Kier alpha value is -1.95. The van der Waals surface area contributed by atoms with Crippen LogP contribution < -0.4 is 5.32 Å². The zero-order chi connectivity index (χ0) is 15.3. The van der Waals surface area contributed by atoms with Crippen molar-refractivity contribution in [2.24, 2.45) is 0 Å². The van der Waals surface area contributed by atoms with E-state index in [2.05, 4.69) is 5.32 Å². The number of hydrogen-bond acceptors (Lipinski definition) is 3. The molecule has 0 bridgehead atoms. The third-order valence-electron chi connectivity index (χ3n) is 2.99. The van der Waals surface area contributed by atoms with Gasteiger partial charge in [-0.25, -0.2) is 4.39 Å². The van der Waals surface area contributed by atoms with Crippen molar-refractivity contribution in [3.05, 3.63) is 35.1 Å². The molecule has 5 nitrogen and oxygen atoms in total. The molecule has 0 spiro atoms. The molecule has 110 valence electrons. The number of amides is 1. The second-order valence-electron chi connectivity index (χ2n) is 4.84. The molecule has 0 radical (unpaired) electrons. The number of hydrogen-bond donors (Lipinski definition) is 2. The lowest BCUT2D eigenvalue weighted by Crippen LogP contribution is -2.27. The SMILES string of the molecule is COC(C)(C)c1cc(F)cc(C(=O)NCCC(=O)O)c1. The lowest BCUT2D eigenvalue weighted by Gasteiger charge is -2.24. The molecule has 0 fully saturated rings. The van der Waals surface area contributed by atoms with Gasteiger partial charge in [0.05, 0.1) is 12.0 Å². The van der Waals surface area contributed by atoms with E-state index < -0.39 is 23.3 Å². The van der Waals surface area contributed by atoms with E-state index in [0.717, 1.165) is 6.07 Å². The van der Waals surface area contributed by atoms with Crippen LogP contribution in [0.2, 0.25) is 0 Å². The molecule has 1 amide bonds. The Bertz CT molecular complexity index is 514. The van der Waals surface area contributed by atoms with Crippen LogP contribution in [-0.2, 0) is 15.1 Å². The zero-order valence-electron chi connectivity index (χ0n) is 11.7. The monoisotopic (exact) mass is 283 g/mol. The van der Waals surface area contributed by atoms with E-state index in [1.807, 2.05) is 0 Å². The van der Waals surface area contributed by atoms with Gasteiger partial charge in [-0.3, -0.25) is 9.59 Å². The Morgan fingerprint density at radius 3 is 2.55 bits per heavy atom. The van der Waals surface area contributed by atoms with Gasteiger partial charge in [-0.2, -0.15) is 0 Å². The molecule has 0 unspecified atom stereocenters. The maximum absolute atomic E-state index is 13.6. The Labute approximate surface area is 116 Å². The second kappa shape index (κ2) is 6.47. The second-order valence-corrected chi connectivity index (χ2v) is 4.84. The summed E-state index contributed by atoms with van der Waals surface area (Å²) in [7, 11) is 1.50. The molecule has 6 heteroatoms. The molecule has 0 saturated carbocycles. The highest BCUT2D eigenvalue weighted by Crippen LogP contribution is 2.25. The third-order valence-corrected chi connectivity index (χ3v) is 2.99. The van der Waals surface area contributed by atoms with E-state index in [1.165, 1.54) is 19.2 Å². The molecule has 0 atom stereocenters. The minimum absolute atomic E-state index is 0.00627. The lowest BCUT2D eigenvalue weighted by atomic mass is 9.95. The van der Waals surface area contributed by atoms with Gasteiger partial charge in [0.15, 0.2) is 0 Å². The molecule has 0 heterocycles. The fourth-order valence-electron chi connectivity index (χ4n) is 1.57. The molecular formula is C14H18FNO4. The number of nitrogens with one attached hydrogen (secondary N) is 1. The van der Waals surface area contributed by atoms with E-state index in [4.69, 9.17) is 9.84 Å². The summed E-state index contributed by atoms with van der Waals surface area (Å²) >= 11 is 0. The minimum Gasteiger partial charge on any atom is -0.481 e. The van der Waals surface area contributed by atoms with Crippen molar-refractivity contribution in [2.45, 2.75) is 25.9 Å². The molecule has 0 saturated heterocycles. The smallest absolute Gasteiger partial charge is 0.305 e. The average molecular weight is 283 g/mol. The van der Waals surface area contributed by atoms with Gasteiger partial charge in [0.1, 0.15) is 5.82 Å². The first-order valence-electron chi connectivity index (χ1n) is 6.12. The van der Waals surface area contributed by atoms with Gasteiger partial charge in [0.2, 0.25) is 0 Å². The van der Waals surface area contributed by atoms with Crippen LogP contribution in [0.25, 0.3) is 0 Å². The quantitative estimate of drug-likeness (QED) is 0.836. The van der Waals surface area contributed by atoms with Crippen LogP contribution in [0.1, 0.15) is 36.2 Å². The number of rotatable bonds is 6. The first-order valence-corrected chi connectivity index (χ1v) is 6.12.